The van der Waals surface area contributed by atoms with Crippen LogP contribution < -0.4 is 11.1 Å². The predicted octanol–water partition coefficient (Wildman–Crippen LogP) is 5.49. The average Bonchev–Trinajstić information content (AvgIpc) is 2.78. The predicted molar refractivity (Wildman–Crippen MR) is 133 cm³/mol. The lowest BCUT2D eigenvalue weighted by Crippen LogP contribution is -2.40. The Balaban J connectivity index is 3.96. The number of hydrogen-bond donors (Lipinski definition) is 3. The molecule has 0 aliphatic carbocycles. The Labute approximate surface area is 201 Å². The van der Waals surface area contributed by atoms with Crippen LogP contribution in [0, 0.1) is 0 Å². The number of rotatable bonds is 23. The first kappa shape index (κ1) is 31.4. The maximum atomic E-state index is 12.2. The number of hydrogen-bond acceptors (Lipinski definition) is 5. The molecule has 2 unspecified atom stereocenters. The normalized spacial score (nSPS) is 12.8. The molecule has 0 aromatic carbocycles. The molecule has 0 aromatic heterocycles. The van der Waals surface area contributed by atoms with E-state index >= 15 is 0 Å². The van der Waals surface area contributed by atoms with Gasteiger partial charge in [-0.05, 0) is 51.5 Å². The number of carbonyl (C=O) groups excluding carboxylic acids is 2. The number of carboxylic acid groups (broad SMARTS) is 1. The van der Waals surface area contributed by atoms with Crippen molar-refractivity contribution in [1.29, 1.82) is 0 Å². The minimum Gasteiger partial charge on any atom is -0.480 e. The minimum absolute atomic E-state index is 0.0435. The highest BCUT2D eigenvalue weighted by Crippen LogP contribution is 2.15. The molecule has 0 aliphatic rings. The fourth-order valence-electron chi connectivity index (χ4n) is 3.91. The second kappa shape index (κ2) is 22.2. The second-order valence-corrected chi connectivity index (χ2v) is 9.11. The topological polar surface area (TPSA) is 119 Å². The first-order valence-corrected chi connectivity index (χ1v) is 13.4. The van der Waals surface area contributed by atoms with Gasteiger partial charge < -0.3 is 20.9 Å². The summed E-state index contributed by atoms with van der Waals surface area (Å²) >= 11 is 0. The molecule has 194 valence electrons. The third kappa shape index (κ3) is 19.5. The number of carbonyl (C=O) groups is 3. The van der Waals surface area contributed by atoms with Crippen LogP contribution in [0.4, 0.5) is 0 Å². The van der Waals surface area contributed by atoms with Crippen molar-refractivity contribution >= 4 is 17.8 Å². The number of ether oxygens (including phenoxy) is 1. The van der Waals surface area contributed by atoms with Gasteiger partial charge in [0.25, 0.3) is 0 Å². The number of carboxylic acids is 1. The molecule has 0 fully saturated rings. The maximum Gasteiger partial charge on any atom is 0.326 e. The number of esters is 1. The van der Waals surface area contributed by atoms with Crippen molar-refractivity contribution in [3.63, 3.8) is 0 Å². The quantitative estimate of drug-likeness (QED) is 0.134. The van der Waals surface area contributed by atoms with Crippen molar-refractivity contribution in [1.82, 2.24) is 5.32 Å². The van der Waals surface area contributed by atoms with E-state index < -0.39 is 12.0 Å². The van der Waals surface area contributed by atoms with Gasteiger partial charge >= 0.3 is 11.9 Å². The van der Waals surface area contributed by atoms with Crippen molar-refractivity contribution < 1.29 is 24.2 Å². The van der Waals surface area contributed by atoms with Crippen LogP contribution in [0.25, 0.3) is 0 Å². The van der Waals surface area contributed by atoms with Crippen LogP contribution in [0.15, 0.2) is 0 Å². The van der Waals surface area contributed by atoms with Crippen molar-refractivity contribution in [2.75, 3.05) is 6.54 Å². The van der Waals surface area contributed by atoms with Gasteiger partial charge in [0.05, 0.1) is 0 Å². The smallest absolute Gasteiger partial charge is 0.326 e. The average molecular weight is 471 g/mol. The van der Waals surface area contributed by atoms with Crippen LogP contribution in [-0.2, 0) is 19.1 Å². The van der Waals surface area contributed by atoms with Gasteiger partial charge in [-0.2, -0.15) is 0 Å². The van der Waals surface area contributed by atoms with Gasteiger partial charge in [0.2, 0.25) is 5.91 Å². The summed E-state index contributed by atoms with van der Waals surface area (Å²) in [6.45, 7) is 4.72. The first-order valence-electron chi connectivity index (χ1n) is 13.4. The van der Waals surface area contributed by atoms with Crippen LogP contribution in [0.1, 0.15) is 129 Å². The van der Waals surface area contributed by atoms with Crippen molar-refractivity contribution in [2.24, 2.45) is 5.73 Å². The van der Waals surface area contributed by atoms with E-state index in [0.29, 0.717) is 38.6 Å². The molecule has 0 rings (SSSR count). The molecule has 0 aromatic rings. The summed E-state index contributed by atoms with van der Waals surface area (Å²) in [7, 11) is 0. The SMILES string of the molecule is CCCCCCCCCCC(=O)OC(CCC)CCCCCC(=O)NC(CCCN)C(=O)O. The largest absolute Gasteiger partial charge is 0.480 e. The molecule has 0 radical (unpaired) electrons. The Hall–Kier alpha value is -1.63. The summed E-state index contributed by atoms with van der Waals surface area (Å²) in [4.78, 5) is 35.4. The number of nitrogens with one attached hydrogen (secondary N) is 1. The fraction of sp³-hybridized carbons (Fsp3) is 0.885. The third-order valence-corrected chi connectivity index (χ3v) is 5.90. The highest BCUT2D eigenvalue weighted by Gasteiger charge is 2.19. The zero-order valence-electron chi connectivity index (χ0n) is 21.2. The lowest BCUT2D eigenvalue weighted by molar-refractivity contribution is -0.150. The Morgan fingerprint density at radius 2 is 1.36 bits per heavy atom. The molecule has 1 amide bonds. The van der Waals surface area contributed by atoms with Gasteiger partial charge in [-0.1, -0.05) is 71.6 Å². The van der Waals surface area contributed by atoms with Crippen LogP contribution >= 0.6 is 0 Å². The molecule has 33 heavy (non-hydrogen) atoms. The van der Waals surface area contributed by atoms with Crippen LogP contribution in [0.3, 0.4) is 0 Å². The molecule has 7 nitrogen and oxygen atoms in total. The summed E-state index contributed by atoms with van der Waals surface area (Å²) in [6.07, 6.45) is 16.4. The number of amides is 1. The number of nitrogens with two attached hydrogens (primary N) is 1. The third-order valence-electron chi connectivity index (χ3n) is 5.90. The van der Waals surface area contributed by atoms with Crippen LogP contribution in [0.2, 0.25) is 0 Å². The summed E-state index contributed by atoms with van der Waals surface area (Å²) in [5, 5.41) is 11.7. The van der Waals surface area contributed by atoms with E-state index in [1.54, 1.807) is 0 Å². The summed E-state index contributed by atoms with van der Waals surface area (Å²) in [5.74, 6) is -1.34. The summed E-state index contributed by atoms with van der Waals surface area (Å²) in [5.41, 5.74) is 5.41. The number of aliphatic carboxylic acids is 1. The lowest BCUT2D eigenvalue weighted by Gasteiger charge is -2.17. The summed E-state index contributed by atoms with van der Waals surface area (Å²) < 4.78 is 5.70. The van der Waals surface area contributed by atoms with E-state index in [1.807, 2.05) is 0 Å². The van der Waals surface area contributed by atoms with E-state index in [2.05, 4.69) is 19.2 Å². The Morgan fingerprint density at radius 3 is 1.97 bits per heavy atom. The van der Waals surface area contributed by atoms with Gasteiger partial charge in [0.1, 0.15) is 12.1 Å². The second-order valence-electron chi connectivity index (χ2n) is 9.11. The first-order chi connectivity index (χ1) is 15.9. The van der Waals surface area contributed by atoms with Crippen molar-refractivity contribution in [3.8, 4) is 0 Å². The Morgan fingerprint density at radius 1 is 0.758 bits per heavy atom. The summed E-state index contributed by atoms with van der Waals surface area (Å²) in [6, 6.07) is -0.865. The number of unbranched alkanes of at least 4 members (excludes halogenated alkanes) is 9. The van der Waals surface area contributed by atoms with Crippen molar-refractivity contribution in [3.05, 3.63) is 0 Å². The zero-order chi connectivity index (χ0) is 24.7. The Bertz CT molecular complexity index is 513. The van der Waals surface area contributed by atoms with Gasteiger partial charge in [0.15, 0.2) is 0 Å². The van der Waals surface area contributed by atoms with E-state index in [4.69, 9.17) is 15.6 Å². The van der Waals surface area contributed by atoms with E-state index in [9.17, 15) is 14.4 Å². The molecule has 0 heterocycles. The molecule has 0 saturated heterocycles. The minimum atomic E-state index is -1.02. The van der Waals surface area contributed by atoms with Gasteiger partial charge in [-0.3, -0.25) is 9.59 Å². The monoisotopic (exact) mass is 470 g/mol. The van der Waals surface area contributed by atoms with Crippen molar-refractivity contribution in [2.45, 2.75) is 142 Å². The maximum absolute atomic E-state index is 12.2. The molecule has 0 spiro atoms. The molecule has 4 N–H and O–H groups in total. The zero-order valence-corrected chi connectivity index (χ0v) is 21.2. The molecular formula is C26H50N2O5. The van der Waals surface area contributed by atoms with Crippen LogP contribution in [0.5, 0.6) is 0 Å². The fourth-order valence-corrected chi connectivity index (χ4v) is 3.91. The van der Waals surface area contributed by atoms with E-state index in [0.717, 1.165) is 44.9 Å². The molecule has 7 heteroatoms. The van der Waals surface area contributed by atoms with E-state index in [1.165, 1.54) is 38.5 Å². The van der Waals surface area contributed by atoms with E-state index in [-0.39, 0.29) is 18.0 Å². The Kier molecular flexibility index (Phi) is 21.1. The molecule has 0 saturated carbocycles. The van der Waals surface area contributed by atoms with Crippen LogP contribution in [-0.4, -0.2) is 41.6 Å². The molecular weight excluding hydrogens is 420 g/mol. The molecule has 0 aliphatic heterocycles. The highest BCUT2D eigenvalue weighted by molar-refractivity contribution is 5.83. The standard InChI is InChI=1S/C26H50N2O5/c1-3-5-6-7-8-9-10-14-20-25(30)33-22(16-4-2)17-12-11-13-19-24(29)28-23(26(31)32)18-15-21-27/h22-23H,3-21,27H2,1-2H3,(H,28,29)(H,31,32). The lowest BCUT2D eigenvalue weighted by atomic mass is 10.0. The van der Waals surface area contributed by atoms with Gasteiger partial charge in [0, 0.05) is 12.8 Å². The highest BCUT2D eigenvalue weighted by atomic mass is 16.5. The van der Waals surface area contributed by atoms with Gasteiger partial charge in [-0.25, -0.2) is 4.79 Å². The van der Waals surface area contributed by atoms with Gasteiger partial charge in [-0.15, -0.1) is 0 Å². The molecule has 2 atom stereocenters. The molecule has 0 bridgehead atoms.